The van der Waals surface area contributed by atoms with Crippen molar-refractivity contribution in [1.82, 2.24) is 4.90 Å². The van der Waals surface area contributed by atoms with Crippen LogP contribution in [-0.2, 0) is 0 Å². The molecule has 104 valence electrons. The number of aryl methyl sites for hydroxylation is 1. The van der Waals surface area contributed by atoms with Crippen molar-refractivity contribution in [2.75, 3.05) is 19.6 Å². The first-order chi connectivity index (χ1) is 9.11. The summed E-state index contributed by atoms with van der Waals surface area (Å²) in [5, 5.41) is 0. The third kappa shape index (κ3) is 3.32. The van der Waals surface area contributed by atoms with Crippen LogP contribution in [-0.4, -0.2) is 30.4 Å². The molecule has 0 bridgehead atoms. The highest BCUT2D eigenvalue weighted by molar-refractivity contribution is 5.95. The summed E-state index contributed by atoms with van der Waals surface area (Å²) in [4.78, 5) is 14.3. The number of amides is 1. The van der Waals surface area contributed by atoms with E-state index in [1.54, 1.807) is 13.0 Å². The number of nitrogens with two attached hydrogens (primary N) is 1. The second-order valence-electron chi connectivity index (χ2n) is 5.30. The van der Waals surface area contributed by atoms with E-state index in [2.05, 4.69) is 0 Å². The average Bonchev–Trinajstić information content (AvgIpc) is 2.39. The summed E-state index contributed by atoms with van der Waals surface area (Å²) in [7, 11) is 0. The number of nitrogens with zero attached hydrogens (tertiary/aromatic N) is 1. The van der Waals surface area contributed by atoms with E-state index in [0.29, 0.717) is 23.6 Å². The minimum absolute atomic E-state index is 0.0132. The molecule has 1 heterocycles. The van der Waals surface area contributed by atoms with Crippen LogP contribution < -0.4 is 5.73 Å². The van der Waals surface area contributed by atoms with Gasteiger partial charge in [-0.1, -0.05) is 0 Å². The Balaban J connectivity index is 2.10. The maximum absolute atomic E-state index is 13.1. The van der Waals surface area contributed by atoms with Crippen LogP contribution in [0.5, 0.6) is 0 Å². The molecule has 1 amide bonds. The van der Waals surface area contributed by atoms with Crippen molar-refractivity contribution in [2.24, 2.45) is 11.7 Å². The number of likely N-dealkylation sites (tertiary alicyclic amines) is 1. The largest absolute Gasteiger partial charge is 0.338 e. The van der Waals surface area contributed by atoms with Crippen LogP contribution in [0.4, 0.5) is 4.39 Å². The highest BCUT2D eigenvalue weighted by atomic mass is 19.1. The maximum atomic E-state index is 13.1. The van der Waals surface area contributed by atoms with Crippen LogP contribution in [0.15, 0.2) is 18.2 Å². The minimum Gasteiger partial charge on any atom is -0.338 e. The lowest BCUT2D eigenvalue weighted by Crippen LogP contribution is -2.40. The van der Waals surface area contributed by atoms with Gasteiger partial charge in [0, 0.05) is 18.7 Å². The zero-order chi connectivity index (χ0) is 13.8. The summed E-state index contributed by atoms with van der Waals surface area (Å²) in [6, 6.07) is 4.34. The van der Waals surface area contributed by atoms with Gasteiger partial charge in [0.25, 0.3) is 5.91 Å². The SMILES string of the molecule is Cc1cc(F)ccc1C(=O)N1CCCC(CCN)C1. The molecule has 1 aromatic rings. The molecule has 1 aromatic carbocycles. The normalized spacial score (nSPS) is 19.5. The molecule has 1 saturated heterocycles. The van der Waals surface area contributed by atoms with Gasteiger partial charge in [0.2, 0.25) is 0 Å². The standard InChI is InChI=1S/C15H21FN2O/c1-11-9-13(16)4-5-14(11)15(19)18-8-2-3-12(10-18)6-7-17/h4-5,9,12H,2-3,6-8,10,17H2,1H3. The number of rotatable bonds is 3. The smallest absolute Gasteiger partial charge is 0.254 e. The van der Waals surface area contributed by atoms with E-state index < -0.39 is 0 Å². The molecule has 1 unspecified atom stereocenters. The lowest BCUT2D eigenvalue weighted by atomic mass is 9.94. The summed E-state index contributed by atoms with van der Waals surface area (Å²) in [6.45, 7) is 4.00. The third-order valence-corrected chi connectivity index (χ3v) is 3.80. The molecule has 1 aliphatic rings. The summed E-state index contributed by atoms with van der Waals surface area (Å²) < 4.78 is 13.1. The first-order valence-electron chi connectivity index (χ1n) is 6.87. The van der Waals surface area contributed by atoms with E-state index >= 15 is 0 Å². The summed E-state index contributed by atoms with van der Waals surface area (Å²) >= 11 is 0. The van der Waals surface area contributed by atoms with E-state index in [9.17, 15) is 9.18 Å². The summed E-state index contributed by atoms with van der Waals surface area (Å²) in [5.74, 6) is 0.219. The fraction of sp³-hybridized carbons (Fsp3) is 0.533. The lowest BCUT2D eigenvalue weighted by Gasteiger charge is -2.33. The van der Waals surface area contributed by atoms with Crippen molar-refractivity contribution in [3.63, 3.8) is 0 Å². The maximum Gasteiger partial charge on any atom is 0.254 e. The van der Waals surface area contributed by atoms with Crippen molar-refractivity contribution in [3.05, 3.63) is 35.1 Å². The van der Waals surface area contributed by atoms with E-state index in [4.69, 9.17) is 5.73 Å². The Bertz CT molecular complexity index is 459. The van der Waals surface area contributed by atoms with Gasteiger partial charge < -0.3 is 10.6 Å². The molecular formula is C15H21FN2O. The third-order valence-electron chi connectivity index (χ3n) is 3.80. The predicted octanol–water partition coefficient (Wildman–Crippen LogP) is 2.34. The van der Waals surface area contributed by atoms with Crippen molar-refractivity contribution in [1.29, 1.82) is 0 Å². The molecule has 0 saturated carbocycles. The van der Waals surface area contributed by atoms with E-state index in [-0.39, 0.29) is 11.7 Å². The number of carbonyl (C=O) groups is 1. The quantitative estimate of drug-likeness (QED) is 0.910. The first kappa shape index (κ1) is 14.0. The van der Waals surface area contributed by atoms with Gasteiger partial charge in [-0.25, -0.2) is 4.39 Å². The Morgan fingerprint density at radius 1 is 1.53 bits per heavy atom. The van der Waals surface area contributed by atoms with Crippen LogP contribution in [0.25, 0.3) is 0 Å². The zero-order valence-corrected chi connectivity index (χ0v) is 11.4. The molecule has 0 radical (unpaired) electrons. The molecule has 1 atom stereocenters. The topological polar surface area (TPSA) is 46.3 Å². The average molecular weight is 264 g/mol. The molecule has 0 spiro atoms. The summed E-state index contributed by atoms with van der Waals surface area (Å²) in [6.07, 6.45) is 3.13. The Morgan fingerprint density at radius 3 is 3.00 bits per heavy atom. The van der Waals surface area contributed by atoms with E-state index in [1.165, 1.54) is 12.1 Å². The number of benzene rings is 1. The molecule has 0 aromatic heterocycles. The zero-order valence-electron chi connectivity index (χ0n) is 11.4. The van der Waals surface area contributed by atoms with Crippen LogP contribution in [0, 0.1) is 18.7 Å². The minimum atomic E-state index is -0.297. The van der Waals surface area contributed by atoms with Crippen LogP contribution in [0.2, 0.25) is 0 Å². The fourth-order valence-corrected chi connectivity index (χ4v) is 2.76. The van der Waals surface area contributed by atoms with E-state index in [1.807, 2.05) is 4.90 Å². The van der Waals surface area contributed by atoms with E-state index in [0.717, 1.165) is 32.4 Å². The van der Waals surface area contributed by atoms with Gasteiger partial charge in [-0.15, -0.1) is 0 Å². The molecule has 2 N–H and O–H groups in total. The van der Waals surface area contributed by atoms with Crippen molar-refractivity contribution in [2.45, 2.75) is 26.2 Å². The Hall–Kier alpha value is -1.42. The van der Waals surface area contributed by atoms with Crippen LogP contribution >= 0.6 is 0 Å². The monoisotopic (exact) mass is 264 g/mol. The molecule has 1 fully saturated rings. The van der Waals surface area contributed by atoms with Gasteiger partial charge in [0.05, 0.1) is 0 Å². The predicted molar refractivity (Wildman–Crippen MR) is 73.4 cm³/mol. The number of hydrogen-bond donors (Lipinski definition) is 1. The van der Waals surface area contributed by atoms with Gasteiger partial charge in [-0.2, -0.15) is 0 Å². The highest BCUT2D eigenvalue weighted by Gasteiger charge is 2.24. The number of piperidine rings is 1. The van der Waals surface area contributed by atoms with Gasteiger partial charge >= 0.3 is 0 Å². The molecule has 4 heteroatoms. The van der Waals surface area contributed by atoms with Crippen LogP contribution in [0.1, 0.15) is 35.2 Å². The molecule has 0 aliphatic carbocycles. The molecule has 1 aliphatic heterocycles. The first-order valence-corrected chi connectivity index (χ1v) is 6.87. The van der Waals surface area contributed by atoms with Gasteiger partial charge in [-0.3, -0.25) is 4.79 Å². The van der Waals surface area contributed by atoms with Gasteiger partial charge in [-0.05, 0) is 62.4 Å². The molecular weight excluding hydrogens is 243 g/mol. The molecule has 19 heavy (non-hydrogen) atoms. The van der Waals surface area contributed by atoms with Crippen LogP contribution in [0.3, 0.4) is 0 Å². The van der Waals surface area contributed by atoms with Crippen molar-refractivity contribution < 1.29 is 9.18 Å². The number of halogens is 1. The van der Waals surface area contributed by atoms with Crippen molar-refractivity contribution in [3.8, 4) is 0 Å². The molecule has 2 rings (SSSR count). The van der Waals surface area contributed by atoms with Gasteiger partial charge in [0.1, 0.15) is 5.82 Å². The lowest BCUT2D eigenvalue weighted by molar-refractivity contribution is 0.0668. The van der Waals surface area contributed by atoms with Crippen molar-refractivity contribution >= 4 is 5.91 Å². The number of hydrogen-bond acceptors (Lipinski definition) is 2. The fourth-order valence-electron chi connectivity index (χ4n) is 2.76. The Morgan fingerprint density at radius 2 is 2.32 bits per heavy atom. The number of carbonyl (C=O) groups excluding carboxylic acids is 1. The van der Waals surface area contributed by atoms with Gasteiger partial charge in [0.15, 0.2) is 0 Å². The second-order valence-corrected chi connectivity index (χ2v) is 5.30. The second kappa shape index (κ2) is 6.15. The highest BCUT2D eigenvalue weighted by Crippen LogP contribution is 2.22. The Labute approximate surface area is 113 Å². The molecule has 3 nitrogen and oxygen atoms in total. The summed E-state index contributed by atoms with van der Waals surface area (Å²) in [5.41, 5.74) is 6.89. The Kier molecular flexibility index (Phi) is 4.53.